The molecule has 4 aliphatic rings. The molecule has 0 spiro atoms. The molecular formula is C39H57F3N6O7S. The summed E-state index contributed by atoms with van der Waals surface area (Å²) in [5, 5.41) is 10.7. The van der Waals surface area contributed by atoms with Crippen molar-refractivity contribution < 1.29 is 45.6 Å². The van der Waals surface area contributed by atoms with Crippen LogP contribution in [0.2, 0.25) is 0 Å². The van der Waals surface area contributed by atoms with Crippen molar-refractivity contribution in [3.63, 3.8) is 0 Å². The number of likely N-dealkylation sites (tertiary alicyclic amines) is 1. The normalized spacial score (nSPS) is 23.4. The van der Waals surface area contributed by atoms with Gasteiger partial charge in [-0.3, -0.25) is 19.2 Å². The van der Waals surface area contributed by atoms with E-state index in [0.717, 1.165) is 11.1 Å². The van der Waals surface area contributed by atoms with E-state index in [4.69, 9.17) is 0 Å². The minimum absolute atomic E-state index is 0.00318. The summed E-state index contributed by atoms with van der Waals surface area (Å²) in [5.74, 6) is -4.69. The number of carbonyl (C=O) groups is 5. The molecule has 1 aromatic rings. The molecule has 312 valence electrons. The molecule has 0 bridgehead atoms. The summed E-state index contributed by atoms with van der Waals surface area (Å²) in [4.78, 5) is 70.2. The molecular weight excluding hydrogens is 754 g/mol. The number of alkyl halides is 3. The van der Waals surface area contributed by atoms with Gasteiger partial charge in [0, 0.05) is 38.1 Å². The number of nitrogens with one attached hydrogen (secondary N) is 4. The number of hydrogen-bond acceptors (Lipinski definition) is 7. The number of ketones is 1. The van der Waals surface area contributed by atoms with Crippen molar-refractivity contribution in [2.24, 2.45) is 28.6 Å². The first-order chi connectivity index (χ1) is 26.0. The fourth-order valence-corrected chi connectivity index (χ4v) is 9.52. The van der Waals surface area contributed by atoms with Crippen LogP contribution in [0.5, 0.6) is 0 Å². The van der Waals surface area contributed by atoms with Gasteiger partial charge in [-0.2, -0.15) is 13.2 Å². The molecule has 0 aromatic heterocycles. The van der Waals surface area contributed by atoms with Gasteiger partial charge in [0.1, 0.15) is 12.1 Å². The molecule has 1 saturated heterocycles. The predicted octanol–water partition coefficient (Wildman–Crippen LogP) is 3.31. The second kappa shape index (κ2) is 16.3. The molecule has 5 amide bonds. The van der Waals surface area contributed by atoms with E-state index in [1.807, 2.05) is 58.9 Å². The van der Waals surface area contributed by atoms with Crippen LogP contribution in [0.1, 0.15) is 85.3 Å². The number of amides is 5. The minimum Gasteiger partial charge on any atom is -0.347 e. The second-order valence-corrected chi connectivity index (χ2v) is 19.8. The average molecular weight is 811 g/mol. The number of sulfonamides is 1. The van der Waals surface area contributed by atoms with Crippen LogP contribution >= 0.6 is 0 Å². The van der Waals surface area contributed by atoms with Gasteiger partial charge in [-0.15, -0.1) is 0 Å². The number of urea groups is 1. The fraction of sp³-hybridized carbons (Fsp3) is 0.718. The van der Waals surface area contributed by atoms with E-state index in [1.165, 1.54) is 9.21 Å². The van der Waals surface area contributed by atoms with Crippen molar-refractivity contribution >= 4 is 39.6 Å². The first kappa shape index (κ1) is 43.4. The van der Waals surface area contributed by atoms with Crippen LogP contribution < -0.4 is 21.3 Å². The van der Waals surface area contributed by atoms with Crippen LogP contribution in [-0.2, 0) is 42.0 Å². The predicted molar refractivity (Wildman–Crippen MR) is 202 cm³/mol. The number of rotatable bonds is 16. The van der Waals surface area contributed by atoms with Crippen LogP contribution in [0.4, 0.5) is 18.0 Å². The van der Waals surface area contributed by atoms with Crippen molar-refractivity contribution in [2.45, 2.75) is 123 Å². The molecule has 6 atom stereocenters. The Bertz CT molecular complexity index is 1770. The number of carbonyl (C=O) groups excluding carboxylic acids is 5. The molecule has 3 aliphatic carbocycles. The summed E-state index contributed by atoms with van der Waals surface area (Å²) in [6, 6.07) is 1.97. The van der Waals surface area contributed by atoms with Gasteiger partial charge in [0.2, 0.25) is 27.6 Å². The number of halogens is 3. The number of Topliss-reactive ketones (excluding diaryl/α,β-unsaturated/α-hetero) is 1. The van der Waals surface area contributed by atoms with E-state index in [9.17, 15) is 45.6 Å². The molecule has 17 heteroatoms. The van der Waals surface area contributed by atoms with Gasteiger partial charge in [-0.05, 0) is 78.7 Å². The monoisotopic (exact) mass is 810 g/mol. The minimum atomic E-state index is -4.65. The summed E-state index contributed by atoms with van der Waals surface area (Å²) < 4.78 is 67.1. The Hall–Kier alpha value is -3.73. The maximum absolute atomic E-state index is 14.8. The lowest BCUT2D eigenvalue weighted by Gasteiger charge is -2.37. The van der Waals surface area contributed by atoms with Crippen molar-refractivity contribution in [2.75, 3.05) is 25.4 Å². The summed E-state index contributed by atoms with van der Waals surface area (Å²) in [7, 11) is -3.59. The zero-order valence-corrected chi connectivity index (χ0v) is 34.1. The van der Waals surface area contributed by atoms with E-state index in [-0.39, 0.29) is 43.3 Å². The van der Waals surface area contributed by atoms with Gasteiger partial charge in [0.25, 0.3) is 5.91 Å². The number of benzene rings is 1. The Morgan fingerprint density at radius 1 is 0.964 bits per heavy atom. The summed E-state index contributed by atoms with van der Waals surface area (Å²) >= 11 is 0. The van der Waals surface area contributed by atoms with E-state index < -0.39 is 99.5 Å². The van der Waals surface area contributed by atoms with Crippen molar-refractivity contribution in [1.82, 2.24) is 30.5 Å². The quantitative estimate of drug-likeness (QED) is 0.186. The Balaban J connectivity index is 1.41. The first-order valence-electron chi connectivity index (χ1n) is 19.6. The van der Waals surface area contributed by atoms with Crippen molar-refractivity contribution in [3.05, 3.63) is 35.4 Å². The number of piperidine rings is 1. The van der Waals surface area contributed by atoms with Crippen LogP contribution in [0.15, 0.2) is 24.3 Å². The molecule has 1 unspecified atom stereocenters. The van der Waals surface area contributed by atoms with Crippen LogP contribution in [0.25, 0.3) is 0 Å². The average Bonchev–Trinajstić information content (AvgIpc) is 3.86. The smallest absolute Gasteiger partial charge is 0.347 e. The maximum atomic E-state index is 14.8. The van der Waals surface area contributed by atoms with Gasteiger partial charge in [0.15, 0.2) is 0 Å². The first-order valence-corrected chi connectivity index (χ1v) is 21.2. The topological polar surface area (TPSA) is 174 Å². The number of hydrogen-bond donors (Lipinski definition) is 4. The maximum Gasteiger partial charge on any atom is 0.389 e. The van der Waals surface area contributed by atoms with Gasteiger partial charge in [0.05, 0.1) is 11.8 Å². The lowest BCUT2D eigenvalue weighted by Crippen LogP contribution is -2.62. The van der Waals surface area contributed by atoms with Crippen molar-refractivity contribution in [1.29, 1.82) is 0 Å². The molecule has 0 radical (unpaired) electrons. The molecule has 3 fully saturated rings. The molecule has 56 heavy (non-hydrogen) atoms. The SMILES string of the molecule is CCN(C[C@@H](NC(=O)N[C@H](C(=O)N1C[C@H]2[C@@H]([C@H]1C(=O)NC(CCC(F)(F)F)C(=O)C(=O)NC1CC1)C2(C)C)C1Cc2ccccc2C1)C(C)(C)C)S(=O)(=O)CC. The highest BCUT2D eigenvalue weighted by Gasteiger charge is 2.70. The fourth-order valence-electron chi connectivity index (χ4n) is 8.38. The van der Waals surface area contributed by atoms with E-state index >= 15 is 0 Å². The Morgan fingerprint density at radius 3 is 2.09 bits per heavy atom. The van der Waals surface area contributed by atoms with Gasteiger partial charge in [-0.1, -0.05) is 65.8 Å². The Morgan fingerprint density at radius 2 is 1.57 bits per heavy atom. The lowest BCUT2D eigenvalue weighted by atomic mass is 9.86. The molecule has 5 rings (SSSR count). The third kappa shape index (κ3) is 9.86. The van der Waals surface area contributed by atoms with Crippen LogP contribution in [-0.4, -0.2) is 109 Å². The number of fused-ring (bicyclic) bond motifs is 2. The highest BCUT2D eigenvalue weighted by atomic mass is 32.2. The zero-order valence-electron chi connectivity index (χ0n) is 33.3. The molecule has 4 N–H and O–H groups in total. The van der Waals surface area contributed by atoms with Gasteiger partial charge >= 0.3 is 12.2 Å². The van der Waals surface area contributed by atoms with E-state index in [2.05, 4.69) is 21.3 Å². The highest BCUT2D eigenvalue weighted by molar-refractivity contribution is 7.89. The van der Waals surface area contributed by atoms with Crippen LogP contribution in [0, 0.1) is 28.6 Å². The standard InChI is InChI=1S/C39H57F3N6O7S/c1-8-47(56(54,55)9-2)21-28(37(3,4)5)45-36(53)46-30(24-18-22-12-10-11-13-23(22)19-24)35(52)48-20-26-29(38(26,6)7)31(48)33(50)44-27(16-17-39(40,41)42)32(49)34(51)43-25-14-15-25/h10-13,24-31H,8-9,14-21H2,1-7H3,(H,43,51)(H,44,50)(H2,45,46,53)/t26-,27?,28+,29-,30-,31-/m0/s1. The molecule has 1 heterocycles. The van der Waals surface area contributed by atoms with E-state index in [1.54, 1.807) is 13.8 Å². The summed E-state index contributed by atoms with van der Waals surface area (Å²) in [6.07, 6.45) is -4.74. The molecule has 13 nitrogen and oxygen atoms in total. The van der Waals surface area contributed by atoms with Gasteiger partial charge in [-0.25, -0.2) is 17.5 Å². The third-order valence-corrected chi connectivity index (χ3v) is 14.1. The Labute approximate surface area is 327 Å². The molecule has 1 aromatic carbocycles. The third-order valence-electron chi connectivity index (χ3n) is 12.2. The van der Waals surface area contributed by atoms with Crippen molar-refractivity contribution in [3.8, 4) is 0 Å². The Kier molecular flexibility index (Phi) is 12.6. The summed E-state index contributed by atoms with van der Waals surface area (Å²) in [5.41, 5.74) is 1.01. The zero-order chi connectivity index (χ0) is 41.5. The number of likely N-dealkylation sites (N-methyl/N-ethyl adjacent to an activating group) is 1. The largest absolute Gasteiger partial charge is 0.389 e. The second-order valence-electron chi connectivity index (χ2n) is 17.5. The van der Waals surface area contributed by atoms with E-state index in [0.29, 0.717) is 25.7 Å². The highest BCUT2D eigenvalue weighted by Crippen LogP contribution is 2.65. The van der Waals surface area contributed by atoms with Gasteiger partial charge < -0.3 is 26.2 Å². The summed E-state index contributed by atoms with van der Waals surface area (Å²) in [6.45, 7) is 13.1. The molecule has 1 aliphatic heterocycles. The molecule has 2 saturated carbocycles. The number of nitrogens with zero attached hydrogens (tertiary/aromatic N) is 2. The van der Waals surface area contributed by atoms with Crippen LogP contribution in [0.3, 0.4) is 0 Å². The lowest BCUT2D eigenvalue weighted by molar-refractivity contribution is -0.147.